The minimum atomic E-state index is -0.191. The van der Waals surface area contributed by atoms with Gasteiger partial charge in [0.05, 0.1) is 5.56 Å². The average molecular weight is 242 g/mol. The number of nitrogens with one attached hydrogen (secondary N) is 1. The number of benzene rings is 1. The maximum absolute atomic E-state index is 11.9. The third kappa shape index (κ3) is 2.52. The Morgan fingerprint density at radius 1 is 1.35 bits per heavy atom. The number of amides is 1. The van der Waals surface area contributed by atoms with E-state index >= 15 is 0 Å². The number of nitrogens with zero attached hydrogens (tertiary/aromatic N) is 1. The predicted octanol–water partition coefficient (Wildman–Crippen LogP) is 3.18. The number of hydrogen-bond acceptors (Lipinski definition) is 3. The van der Waals surface area contributed by atoms with Crippen molar-refractivity contribution in [2.24, 2.45) is 0 Å². The fourth-order valence-electron chi connectivity index (χ4n) is 1.45. The van der Waals surface area contributed by atoms with Crippen LogP contribution in [-0.2, 0) is 0 Å². The van der Waals surface area contributed by atoms with Crippen LogP contribution in [-0.4, -0.2) is 5.91 Å². The van der Waals surface area contributed by atoms with Gasteiger partial charge in [0, 0.05) is 10.4 Å². The van der Waals surface area contributed by atoms with Gasteiger partial charge in [0.25, 0.3) is 5.91 Å². The molecule has 0 unspecified atom stereocenters. The molecule has 1 heterocycles. The van der Waals surface area contributed by atoms with E-state index < -0.39 is 0 Å². The molecule has 17 heavy (non-hydrogen) atoms. The van der Waals surface area contributed by atoms with Gasteiger partial charge in [-0.25, -0.2) is 0 Å². The second kappa shape index (κ2) is 4.81. The van der Waals surface area contributed by atoms with Crippen LogP contribution < -0.4 is 5.32 Å². The Hall–Kier alpha value is -2.12. The number of carbonyl (C=O) groups excluding carboxylic acids is 1. The first-order chi connectivity index (χ1) is 8.20. The lowest BCUT2D eigenvalue weighted by Gasteiger charge is -2.02. The summed E-state index contributed by atoms with van der Waals surface area (Å²) < 4.78 is 0. The van der Waals surface area contributed by atoms with Gasteiger partial charge in [-0.15, -0.1) is 11.3 Å². The fourth-order valence-corrected chi connectivity index (χ4v) is 2.31. The van der Waals surface area contributed by atoms with E-state index in [9.17, 15) is 4.79 Å². The molecule has 0 saturated heterocycles. The molecule has 0 atom stereocenters. The Morgan fingerprint density at radius 3 is 2.71 bits per heavy atom. The number of hydrogen-bond donors (Lipinski definition) is 1. The van der Waals surface area contributed by atoms with Gasteiger partial charge in [-0.2, -0.15) is 5.26 Å². The lowest BCUT2D eigenvalue weighted by molar-refractivity contribution is 0.102. The van der Waals surface area contributed by atoms with Crippen molar-refractivity contribution in [2.75, 3.05) is 5.32 Å². The van der Waals surface area contributed by atoms with E-state index in [1.54, 1.807) is 30.3 Å². The smallest absolute Gasteiger partial charge is 0.256 e. The number of rotatable bonds is 2. The van der Waals surface area contributed by atoms with E-state index in [2.05, 4.69) is 11.4 Å². The van der Waals surface area contributed by atoms with Crippen molar-refractivity contribution >= 4 is 22.2 Å². The van der Waals surface area contributed by atoms with Crippen LogP contribution in [0.5, 0.6) is 0 Å². The summed E-state index contributed by atoms with van der Waals surface area (Å²) in [7, 11) is 0. The van der Waals surface area contributed by atoms with E-state index in [1.807, 2.05) is 13.0 Å². The highest BCUT2D eigenvalue weighted by molar-refractivity contribution is 7.16. The minimum Gasteiger partial charge on any atom is -0.312 e. The molecule has 1 aromatic heterocycles. The van der Waals surface area contributed by atoms with E-state index in [0.29, 0.717) is 16.1 Å². The maximum Gasteiger partial charge on any atom is 0.256 e. The Kier molecular flexibility index (Phi) is 3.22. The lowest BCUT2D eigenvalue weighted by atomic mass is 10.2. The molecule has 0 aliphatic rings. The van der Waals surface area contributed by atoms with Gasteiger partial charge >= 0.3 is 0 Å². The second-order valence-corrected chi connectivity index (χ2v) is 4.79. The van der Waals surface area contributed by atoms with Crippen LogP contribution in [0, 0.1) is 18.3 Å². The van der Waals surface area contributed by atoms with Gasteiger partial charge in [0.15, 0.2) is 0 Å². The van der Waals surface area contributed by atoms with Crippen molar-refractivity contribution in [1.82, 2.24) is 0 Å². The van der Waals surface area contributed by atoms with E-state index in [1.165, 1.54) is 11.3 Å². The zero-order valence-corrected chi connectivity index (χ0v) is 10.0. The summed E-state index contributed by atoms with van der Waals surface area (Å²) in [5.74, 6) is -0.191. The van der Waals surface area contributed by atoms with Crippen LogP contribution in [0.25, 0.3) is 0 Å². The molecule has 0 saturated carbocycles. The molecule has 0 aliphatic carbocycles. The summed E-state index contributed by atoms with van der Waals surface area (Å²) in [6, 6.07) is 12.8. The molecule has 2 aromatic rings. The molecule has 2 rings (SSSR count). The summed E-state index contributed by atoms with van der Waals surface area (Å²) in [5, 5.41) is 12.3. The van der Waals surface area contributed by atoms with E-state index in [-0.39, 0.29) is 5.91 Å². The highest BCUT2D eigenvalue weighted by atomic mass is 32.1. The van der Waals surface area contributed by atoms with Crippen molar-refractivity contribution in [1.29, 1.82) is 5.26 Å². The van der Waals surface area contributed by atoms with Crippen molar-refractivity contribution in [3.63, 3.8) is 0 Å². The first-order valence-electron chi connectivity index (χ1n) is 5.07. The van der Waals surface area contributed by atoms with Crippen molar-refractivity contribution in [2.45, 2.75) is 6.92 Å². The summed E-state index contributed by atoms with van der Waals surface area (Å²) in [4.78, 5) is 12.9. The third-order valence-corrected chi connectivity index (χ3v) is 3.20. The van der Waals surface area contributed by atoms with Crippen LogP contribution in [0.1, 0.15) is 20.8 Å². The van der Waals surface area contributed by atoms with Crippen molar-refractivity contribution in [3.8, 4) is 6.07 Å². The lowest BCUT2D eigenvalue weighted by Crippen LogP contribution is -2.11. The van der Waals surface area contributed by atoms with Crippen LogP contribution in [0.4, 0.5) is 5.00 Å². The highest BCUT2D eigenvalue weighted by Crippen LogP contribution is 2.27. The summed E-state index contributed by atoms with van der Waals surface area (Å²) in [6.45, 7) is 1.91. The van der Waals surface area contributed by atoms with Crippen LogP contribution in [0.15, 0.2) is 36.4 Å². The second-order valence-electron chi connectivity index (χ2n) is 3.53. The van der Waals surface area contributed by atoms with Crippen LogP contribution >= 0.6 is 11.3 Å². The first kappa shape index (κ1) is 11.4. The fraction of sp³-hybridized carbons (Fsp3) is 0.0769. The predicted molar refractivity (Wildman–Crippen MR) is 68.2 cm³/mol. The number of aryl methyl sites for hydroxylation is 1. The molecule has 84 valence electrons. The Bertz CT molecular complexity index is 581. The molecule has 0 bridgehead atoms. The number of thiophene rings is 1. The summed E-state index contributed by atoms with van der Waals surface area (Å²) in [6.07, 6.45) is 0. The summed E-state index contributed by atoms with van der Waals surface area (Å²) in [5.41, 5.74) is 1.10. The number of anilines is 1. The molecule has 4 heteroatoms. The summed E-state index contributed by atoms with van der Waals surface area (Å²) >= 11 is 1.41. The molecule has 0 spiro atoms. The maximum atomic E-state index is 11.9. The zero-order valence-electron chi connectivity index (χ0n) is 9.23. The molecular weight excluding hydrogens is 232 g/mol. The first-order valence-corrected chi connectivity index (χ1v) is 5.89. The quantitative estimate of drug-likeness (QED) is 0.879. The average Bonchev–Trinajstić information content (AvgIpc) is 2.70. The highest BCUT2D eigenvalue weighted by Gasteiger charge is 2.11. The standard InChI is InChI=1S/C13H10N2OS/c1-9-7-11(8-14)13(17-9)15-12(16)10-5-3-2-4-6-10/h2-7H,1H3,(H,15,16). The topological polar surface area (TPSA) is 52.9 Å². The Labute approximate surface area is 103 Å². The SMILES string of the molecule is Cc1cc(C#N)c(NC(=O)c2ccccc2)s1. The van der Waals surface area contributed by atoms with Gasteiger partial charge in [-0.05, 0) is 25.1 Å². The van der Waals surface area contributed by atoms with Gasteiger partial charge in [-0.3, -0.25) is 4.79 Å². The molecule has 1 amide bonds. The zero-order chi connectivity index (χ0) is 12.3. The normalized spacial score (nSPS) is 9.65. The van der Waals surface area contributed by atoms with Gasteiger partial charge in [-0.1, -0.05) is 18.2 Å². The van der Waals surface area contributed by atoms with Crippen LogP contribution in [0.3, 0.4) is 0 Å². The van der Waals surface area contributed by atoms with Gasteiger partial charge in [0.1, 0.15) is 11.1 Å². The molecular formula is C13H10N2OS. The molecule has 1 aromatic carbocycles. The molecule has 3 nitrogen and oxygen atoms in total. The minimum absolute atomic E-state index is 0.191. The molecule has 0 fully saturated rings. The third-order valence-electron chi connectivity index (χ3n) is 2.24. The molecule has 1 N–H and O–H groups in total. The Balaban J connectivity index is 2.22. The number of carbonyl (C=O) groups is 1. The van der Waals surface area contributed by atoms with Gasteiger partial charge < -0.3 is 5.32 Å². The van der Waals surface area contributed by atoms with Gasteiger partial charge in [0.2, 0.25) is 0 Å². The Morgan fingerprint density at radius 2 is 2.06 bits per heavy atom. The van der Waals surface area contributed by atoms with E-state index in [0.717, 1.165) is 4.88 Å². The van der Waals surface area contributed by atoms with Crippen molar-refractivity contribution in [3.05, 3.63) is 52.4 Å². The molecule has 0 radical (unpaired) electrons. The monoisotopic (exact) mass is 242 g/mol. The largest absolute Gasteiger partial charge is 0.312 e. The van der Waals surface area contributed by atoms with E-state index in [4.69, 9.17) is 5.26 Å². The number of nitriles is 1. The molecule has 0 aliphatic heterocycles. The van der Waals surface area contributed by atoms with Crippen molar-refractivity contribution < 1.29 is 4.79 Å². The van der Waals surface area contributed by atoms with Crippen LogP contribution in [0.2, 0.25) is 0 Å².